The normalized spacial score (nSPS) is 10.4. The van der Waals surface area contributed by atoms with Crippen LogP contribution in [0.15, 0.2) is 30.3 Å². The fourth-order valence-electron chi connectivity index (χ4n) is 2.37. The van der Waals surface area contributed by atoms with Crippen molar-refractivity contribution >= 4 is 11.9 Å². The minimum absolute atomic E-state index is 0.329. The molecule has 0 aliphatic rings. The second kappa shape index (κ2) is 8.86. The van der Waals surface area contributed by atoms with Crippen molar-refractivity contribution in [3.05, 3.63) is 47.2 Å². The summed E-state index contributed by atoms with van der Waals surface area (Å²) in [6.07, 6.45) is 2.66. The summed E-state index contributed by atoms with van der Waals surface area (Å²) in [5.41, 5.74) is 2.94. The second-order valence-electron chi connectivity index (χ2n) is 5.48. The zero-order valence-electron chi connectivity index (χ0n) is 14.1. The highest BCUT2D eigenvalue weighted by Crippen LogP contribution is 2.20. The summed E-state index contributed by atoms with van der Waals surface area (Å²) in [6.45, 7) is 4.17. The van der Waals surface area contributed by atoms with E-state index >= 15 is 0 Å². The number of ether oxygens (including phenoxy) is 1. The van der Waals surface area contributed by atoms with Crippen LogP contribution < -0.4 is 10.1 Å². The summed E-state index contributed by atoms with van der Waals surface area (Å²) in [4.78, 5) is 19.4. The number of carboxylic acid groups (broad SMARTS) is 1. The Kier molecular flexibility index (Phi) is 6.54. The van der Waals surface area contributed by atoms with E-state index in [2.05, 4.69) is 27.4 Å². The molecule has 2 rings (SSSR count). The topological polar surface area (TPSA) is 84.3 Å². The third-order valence-corrected chi connectivity index (χ3v) is 3.64. The molecule has 0 amide bonds. The lowest BCUT2D eigenvalue weighted by atomic mass is 10.1. The van der Waals surface area contributed by atoms with Gasteiger partial charge in [0.2, 0.25) is 11.8 Å². The number of aliphatic carboxylic acids is 1. The van der Waals surface area contributed by atoms with Gasteiger partial charge in [-0.15, -0.1) is 0 Å². The molecule has 0 aliphatic carbocycles. The molecule has 0 bridgehead atoms. The Bertz CT molecular complexity index is 675. The summed E-state index contributed by atoms with van der Waals surface area (Å²) in [5, 5.41) is 12.0. The number of anilines is 1. The van der Waals surface area contributed by atoms with Crippen LogP contribution in [-0.4, -0.2) is 34.2 Å². The van der Waals surface area contributed by atoms with E-state index in [0.717, 1.165) is 37.1 Å². The zero-order valence-corrected chi connectivity index (χ0v) is 14.1. The maximum absolute atomic E-state index is 10.7. The van der Waals surface area contributed by atoms with Crippen molar-refractivity contribution < 1.29 is 14.6 Å². The van der Waals surface area contributed by atoms with Gasteiger partial charge < -0.3 is 15.2 Å². The van der Waals surface area contributed by atoms with Crippen molar-refractivity contribution in [1.29, 1.82) is 0 Å². The van der Waals surface area contributed by atoms with Crippen LogP contribution in [-0.2, 0) is 17.6 Å². The molecule has 1 heterocycles. The fourth-order valence-corrected chi connectivity index (χ4v) is 2.37. The molecule has 0 saturated carbocycles. The molecule has 6 heteroatoms. The van der Waals surface area contributed by atoms with Crippen molar-refractivity contribution in [1.82, 2.24) is 9.97 Å². The quantitative estimate of drug-likeness (QED) is 0.688. The van der Waals surface area contributed by atoms with Crippen molar-refractivity contribution in [3.63, 3.8) is 0 Å². The Morgan fingerprint density at radius 3 is 2.67 bits per heavy atom. The minimum Gasteiger partial charge on any atom is -0.479 e. The first kappa shape index (κ1) is 17.7. The Hall–Kier alpha value is -2.63. The van der Waals surface area contributed by atoms with E-state index in [9.17, 15) is 4.79 Å². The number of hydrogen-bond donors (Lipinski definition) is 2. The van der Waals surface area contributed by atoms with Gasteiger partial charge in [-0.3, -0.25) is 0 Å². The average molecular weight is 329 g/mol. The lowest BCUT2D eigenvalue weighted by molar-refractivity contribution is -0.139. The van der Waals surface area contributed by atoms with Crippen LogP contribution >= 0.6 is 0 Å². The van der Waals surface area contributed by atoms with Gasteiger partial charge in [0.25, 0.3) is 0 Å². The standard InChI is InChI=1S/C18H23N3O3/c1-3-15-13(2)17(24-12-16(22)23)21-18(20-15)19-11-7-10-14-8-5-4-6-9-14/h4-6,8-9H,3,7,10-12H2,1-2H3,(H,22,23)(H,19,20,21). The third kappa shape index (κ3) is 5.22. The Balaban J connectivity index is 1.95. The number of carbonyl (C=O) groups is 1. The van der Waals surface area contributed by atoms with Crippen LogP contribution in [0.3, 0.4) is 0 Å². The first-order chi connectivity index (χ1) is 11.6. The van der Waals surface area contributed by atoms with E-state index < -0.39 is 12.6 Å². The van der Waals surface area contributed by atoms with Gasteiger partial charge in [0.15, 0.2) is 6.61 Å². The van der Waals surface area contributed by atoms with E-state index in [1.54, 1.807) is 0 Å². The number of nitrogens with zero attached hydrogens (tertiary/aromatic N) is 2. The molecular weight excluding hydrogens is 306 g/mol. The smallest absolute Gasteiger partial charge is 0.341 e. The summed E-state index contributed by atoms with van der Waals surface area (Å²) >= 11 is 0. The van der Waals surface area contributed by atoms with E-state index in [1.165, 1.54) is 5.56 Å². The van der Waals surface area contributed by atoms with Crippen LogP contribution in [0.4, 0.5) is 5.95 Å². The van der Waals surface area contributed by atoms with Gasteiger partial charge in [-0.1, -0.05) is 37.3 Å². The molecule has 2 aromatic rings. The van der Waals surface area contributed by atoms with Crippen LogP contribution in [0, 0.1) is 6.92 Å². The highest BCUT2D eigenvalue weighted by atomic mass is 16.5. The van der Waals surface area contributed by atoms with Crippen LogP contribution in [0.2, 0.25) is 0 Å². The highest BCUT2D eigenvalue weighted by molar-refractivity contribution is 5.68. The Morgan fingerprint density at radius 2 is 2.00 bits per heavy atom. The predicted molar refractivity (Wildman–Crippen MR) is 92.5 cm³/mol. The molecule has 1 aromatic heterocycles. The molecule has 0 radical (unpaired) electrons. The molecule has 0 fully saturated rings. The van der Waals surface area contributed by atoms with Crippen LogP contribution in [0.1, 0.15) is 30.2 Å². The lowest BCUT2D eigenvalue weighted by Crippen LogP contribution is -2.14. The third-order valence-electron chi connectivity index (χ3n) is 3.64. The number of aromatic nitrogens is 2. The predicted octanol–water partition coefficient (Wildman–Crippen LogP) is 2.86. The van der Waals surface area contributed by atoms with E-state index in [-0.39, 0.29) is 0 Å². The monoisotopic (exact) mass is 329 g/mol. The van der Waals surface area contributed by atoms with Gasteiger partial charge in [-0.25, -0.2) is 9.78 Å². The summed E-state index contributed by atoms with van der Waals surface area (Å²) in [5.74, 6) is -0.218. The Morgan fingerprint density at radius 1 is 1.25 bits per heavy atom. The van der Waals surface area contributed by atoms with Crippen LogP contribution in [0.25, 0.3) is 0 Å². The van der Waals surface area contributed by atoms with Crippen molar-refractivity contribution in [3.8, 4) is 5.88 Å². The molecule has 0 atom stereocenters. The van der Waals surface area contributed by atoms with Crippen molar-refractivity contribution in [2.24, 2.45) is 0 Å². The average Bonchev–Trinajstić information content (AvgIpc) is 2.59. The van der Waals surface area contributed by atoms with E-state index in [1.807, 2.05) is 32.0 Å². The molecule has 128 valence electrons. The van der Waals surface area contributed by atoms with Gasteiger partial charge >= 0.3 is 5.97 Å². The number of nitrogens with one attached hydrogen (secondary N) is 1. The SMILES string of the molecule is CCc1nc(NCCCc2ccccc2)nc(OCC(=O)O)c1C. The van der Waals surface area contributed by atoms with Crippen molar-refractivity contribution in [2.75, 3.05) is 18.5 Å². The van der Waals surface area contributed by atoms with Gasteiger partial charge in [0, 0.05) is 12.1 Å². The maximum atomic E-state index is 10.7. The second-order valence-corrected chi connectivity index (χ2v) is 5.48. The number of rotatable bonds is 9. The maximum Gasteiger partial charge on any atom is 0.341 e. The van der Waals surface area contributed by atoms with Gasteiger partial charge in [0.1, 0.15) is 0 Å². The summed E-state index contributed by atoms with van der Waals surface area (Å²) in [7, 11) is 0. The molecule has 24 heavy (non-hydrogen) atoms. The molecular formula is C18H23N3O3. The van der Waals surface area contributed by atoms with Crippen LogP contribution in [0.5, 0.6) is 5.88 Å². The molecule has 0 unspecified atom stereocenters. The van der Waals surface area contributed by atoms with Gasteiger partial charge in [-0.2, -0.15) is 4.98 Å². The van der Waals surface area contributed by atoms with E-state index in [0.29, 0.717) is 11.8 Å². The first-order valence-electron chi connectivity index (χ1n) is 8.10. The largest absolute Gasteiger partial charge is 0.479 e. The molecule has 0 spiro atoms. The highest BCUT2D eigenvalue weighted by Gasteiger charge is 2.12. The molecule has 0 aliphatic heterocycles. The molecule has 0 saturated heterocycles. The molecule has 6 nitrogen and oxygen atoms in total. The number of aryl methyl sites for hydroxylation is 2. The molecule has 2 N–H and O–H groups in total. The summed E-state index contributed by atoms with van der Waals surface area (Å²) < 4.78 is 5.27. The Labute approximate surface area is 141 Å². The number of hydrogen-bond acceptors (Lipinski definition) is 5. The molecule has 1 aromatic carbocycles. The van der Waals surface area contributed by atoms with Gasteiger partial charge in [-0.05, 0) is 31.7 Å². The van der Waals surface area contributed by atoms with Gasteiger partial charge in [0.05, 0.1) is 5.69 Å². The zero-order chi connectivity index (χ0) is 17.4. The minimum atomic E-state index is -1.02. The lowest BCUT2D eigenvalue weighted by Gasteiger charge is -2.12. The van der Waals surface area contributed by atoms with E-state index in [4.69, 9.17) is 9.84 Å². The number of benzene rings is 1. The fraction of sp³-hybridized carbons (Fsp3) is 0.389. The van der Waals surface area contributed by atoms with Crippen molar-refractivity contribution in [2.45, 2.75) is 33.1 Å². The summed E-state index contributed by atoms with van der Waals surface area (Å²) in [6, 6.07) is 10.3. The first-order valence-corrected chi connectivity index (χ1v) is 8.10. The number of carboxylic acids is 1.